The second-order valence-corrected chi connectivity index (χ2v) is 5.55. The van der Waals surface area contributed by atoms with Crippen LogP contribution in [0.25, 0.3) is 0 Å². The minimum Gasteiger partial charge on any atom is -0.314 e. The SMILES string of the molecule is C/C(=C/CCNC(C)C)Cc1cncc(Br)c1. The highest BCUT2D eigenvalue weighted by atomic mass is 79.9. The molecule has 3 heteroatoms. The number of hydrogen-bond donors (Lipinski definition) is 1. The number of rotatable bonds is 6. The molecule has 0 amide bonds. The van der Waals surface area contributed by atoms with Crippen LogP contribution >= 0.6 is 15.9 Å². The van der Waals surface area contributed by atoms with E-state index >= 15 is 0 Å². The van der Waals surface area contributed by atoms with Crippen molar-refractivity contribution in [1.29, 1.82) is 0 Å². The Kier molecular flexibility index (Phi) is 6.45. The third-order valence-corrected chi connectivity index (χ3v) is 2.87. The van der Waals surface area contributed by atoms with Gasteiger partial charge in [-0.2, -0.15) is 0 Å². The maximum atomic E-state index is 4.17. The molecule has 1 rings (SSSR count). The van der Waals surface area contributed by atoms with Crippen LogP contribution in [0.2, 0.25) is 0 Å². The van der Waals surface area contributed by atoms with Crippen molar-refractivity contribution in [3.05, 3.63) is 40.1 Å². The van der Waals surface area contributed by atoms with Gasteiger partial charge in [0.2, 0.25) is 0 Å². The van der Waals surface area contributed by atoms with Gasteiger partial charge in [-0.15, -0.1) is 0 Å². The molecule has 0 saturated heterocycles. The average molecular weight is 297 g/mol. The number of nitrogens with zero attached hydrogens (tertiary/aromatic N) is 1. The van der Waals surface area contributed by atoms with Crippen molar-refractivity contribution >= 4 is 15.9 Å². The van der Waals surface area contributed by atoms with Gasteiger partial charge in [0.1, 0.15) is 0 Å². The summed E-state index contributed by atoms with van der Waals surface area (Å²) in [6.45, 7) is 7.56. The smallest absolute Gasteiger partial charge is 0.0410 e. The highest BCUT2D eigenvalue weighted by Crippen LogP contribution is 2.13. The normalized spacial score (nSPS) is 12.2. The molecule has 0 atom stereocenters. The molecular formula is C14H21BrN2. The van der Waals surface area contributed by atoms with E-state index in [1.54, 1.807) is 0 Å². The van der Waals surface area contributed by atoms with Crippen LogP contribution in [-0.4, -0.2) is 17.6 Å². The van der Waals surface area contributed by atoms with E-state index in [1.807, 2.05) is 12.4 Å². The van der Waals surface area contributed by atoms with Crippen LogP contribution in [0.3, 0.4) is 0 Å². The Hall–Kier alpha value is -0.670. The lowest BCUT2D eigenvalue weighted by Crippen LogP contribution is -2.23. The lowest BCUT2D eigenvalue weighted by Gasteiger charge is -2.06. The van der Waals surface area contributed by atoms with E-state index in [4.69, 9.17) is 0 Å². The van der Waals surface area contributed by atoms with Crippen molar-refractivity contribution in [3.63, 3.8) is 0 Å². The van der Waals surface area contributed by atoms with Crippen LogP contribution in [0.15, 0.2) is 34.6 Å². The summed E-state index contributed by atoms with van der Waals surface area (Å²) in [5.41, 5.74) is 2.65. The molecule has 2 nitrogen and oxygen atoms in total. The van der Waals surface area contributed by atoms with Crippen LogP contribution in [-0.2, 0) is 6.42 Å². The zero-order valence-electron chi connectivity index (χ0n) is 10.8. The van der Waals surface area contributed by atoms with Gasteiger partial charge < -0.3 is 5.32 Å². The highest BCUT2D eigenvalue weighted by molar-refractivity contribution is 9.10. The minimum absolute atomic E-state index is 0.568. The predicted molar refractivity (Wildman–Crippen MR) is 77.2 cm³/mol. The Labute approximate surface area is 113 Å². The van der Waals surface area contributed by atoms with Gasteiger partial charge in [-0.1, -0.05) is 25.5 Å². The molecule has 0 unspecified atom stereocenters. The first kappa shape index (κ1) is 14.4. The Bertz CT molecular complexity index is 372. The summed E-state index contributed by atoms with van der Waals surface area (Å²) in [4.78, 5) is 4.17. The van der Waals surface area contributed by atoms with E-state index < -0.39 is 0 Å². The minimum atomic E-state index is 0.568. The Morgan fingerprint density at radius 3 is 2.88 bits per heavy atom. The van der Waals surface area contributed by atoms with E-state index in [2.05, 4.69) is 59.1 Å². The number of hydrogen-bond acceptors (Lipinski definition) is 2. The molecule has 0 saturated carbocycles. The molecule has 0 aliphatic rings. The lowest BCUT2D eigenvalue weighted by atomic mass is 10.1. The molecule has 0 radical (unpaired) electrons. The van der Waals surface area contributed by atoms with Gasteiger partial charge in [0.25, 0.3) is 0 Å². The van der Waals surface area contributed by atoms with Crippen LogP contribution in [0.4, 0.5) is 0 Å². The van der Waals surface area contributed by atoms with E-state index in [1.165, 1.54) is 11.1 Å². The van der Waals surface area contributed by atoms with Gasteiger partial charge in [-0.05, 0) is 53.9 Å². The van der Waals surface area contributed by atoms with E-state index in [9.17, 15) is 0 Å². The number of nitrogens with one attached hydrogen (secondary N) is 1. The second kappa shape index (κ2) is 7.62. The van der Waals surface area contributed by atoms with Gasteiger partial charge in [-0.3, -0.25) is 4.98 Å². The fourth-order valence-electron chi connectivity index (χ4n) is 1.64. The Morgan fingerprint density at radius 1 is 1.47 bits per heavy atom. The maximum Gasteiger partial charge on any atom is 0.0410 e. The van der Waals surface area contributed by atoms with Crippen LogP contribution in [0.5, 0.6) is 0 Å². The molecule has 1 aromatic rings. The summed E-state index contributed by atoms with van der Waals surface area (Å²) in [6.07, 6.45) is 8.11. The topological polar surface area (TPSA) is 24.9 Å². The van der Waals surface area contributed by atoms with E-state index in [0.717, 1.165) is 23.9 Å². The third kappa shape index (κ3) is 6.59. The Morgan fingerprint density at radius 2 is 2.24 bits per heavy atom. The first-order valence-electron chi connectivity index (χ1n) is 6.06. The molecule has 0 aliphatic carbocycles. The fourth-order valence-corrected chi connectivity index (χ4v) is 2.05. The van der Waals surface area contributed by atoms with Gasteiger partial charge >= 0.3 is 0 Å². The number of pyridine rings is 1. The van der Waals surface area contributed by atoms with Crippen molar-refractivity contribution in [1.82, 2.24) is 10.3 Å². The van der Waals surface area contributed by atoms with Crippen LogP contribution in [0, 0.1) is 0 Å². The van der Waals surface area contributed by atoms with E-state index in [0.29, 0.717) is 6.04 Å². The van der Waals surface area contributed by atoms with Crippen molar-refractivity contribution in [2.75, 3.05) is 6.54 Å². The number of allylic oxidation sites excluding steroid dienone is 1. The summed E-state index contributed by atoms with van der Waals surface area (Å²) in [5, 5.41) is 3.41. The zero-order valence-corrected chi connectivity index (χ0v) is 12.4. The largest absolute Gasteiger partial charge is 0.314 e. The predicted octanol–water partition coefficient (Wildman–Crippen LogP) is 3.72. The summed E-state index contributed by atoms with van der Waals surface area (Å²) < 4.78 is 1.05. The molecular weight excluding hydrogens is 276 g/mol. The molecule has 0 bridgehead atoms. The maximum absolute atomic E-state index is 4.17. The number of aromatic nitrogens is 1. The quantitative estimate of drug-likeness (QED) is 0.639. The second-order valence-electron chi connectivity index (χ2n) is 4.64. The monoisotopic (exact) mass is 296 g/mol. The molecule has 1 aromatic heterocycles. The third-order valence-electron chi connectivity index (χ3n) is 2.43. The standard InChI is InChI=1S/C14H21BrN2/c1-11(2)17-6-4-5-12(3)7-13-8-14(15)10-16-9-13/h5,8-11,17H,4,6-7H2,1-3H3/b12-5-. The summed E-state index contributed by atoms with van der Waals surface area (Å²) in [5.74, 6) is 0. The Balaban J connectivity index is 2.38. The zero-order chi connectivity index (χ0) is 12.7. The molecule has 17 heavy (non-hydrogen) atoms. The summed E-state index contributed by atoms with van der Waals surface area (Å²) >= 11 is 3.44. The van der Waals surface area contributed by atoms with Crippen molar-refractivity contribution in [2.24, 2.45) is 0 Å². The summed E-state index contributed by atoms with van der Waals surface area (Å²) in [7, 11) is 0. The fraction of sp³-hybridized carbons (Fsp3) is 0.500. The molecule has 94 valence electrons. The molecule has 1 heterocycles. The van der Waals surface area contributed by atoms with Crippen molar-refractivity contribution in [3.8, 4) is 0 Å². The molecule has 0 aromatic carbocycles. The molecule has 0 aliphatic heterocycles. The lowest BCUT2D eigenvalue weighted by molar-refractivity contribution is 0.594. The highest BCUT2D eigenvalue weighted by Gasteiger charge is 1.97. The van der Waals surface area contributed by atoms with Crippen molar-refractivity contribution < 1.29 is 0 Å². The van der Waals surface area contributed by atoms with Crippen LogP contribution in [0.1, 0.15) is 32.8 Å². The summed E-state index contributed by atoms with van der Waals surface area (Å²) in [6, 6.07) is 2.69. The van der Waals surface area contributed by atoms with Crippen molar-refractivity contribution in [2.45, 2.75) is 39.7 Å². The number of halogens is 1. The first-order valence-corrected chi connectivity index (χ1v) is 6.85. The molecule has 0 spiro atoms. The molecule has 0 fully saturated rings. The van der Waals surface area contributed by atoms with Gasteiger partial charge in [-0.25, -0.2) is 0 Å². The van der Waals surface area contributed by atoms with Gasteiger partial charge in [0, 0.05) is 22.9 Å². The van der Waals surface area contributed by atoms with E-state index in [-0.39, 0.29) is 0 Å². The average Bonchev–Trinajstić information content (AvgIpc) is 2.24. The van der Waals surface area contributed by atoms with Gasteiger partial charge in [0.15, 0.2) is 0 Å². The van der Waals surface area contributed by atoms with Gasteiger partial charge in [0.05, 0.1) is 0 Å². The van der Waals surface area contributed by atoms with Crippen LogP contribution < -0.4 is 5.32 Å². The molecule has 1 N–H and O–H groups in total. The first-order chi connectivity index (χ1) is 8.08.